The molecule has 0 amide bonds. The maximum Gasteiger partial charge on any atom is 0.124 e. The predicted molar refractivity (Wildman–Crippen MR) is 115 cm³/mol. The van der Waals surface area contributed by atoms with E-state index in [1.165, 1.54) is 0 Å². The van der Waals surface area contributed by atoms with Gasteiger partial charge < -0.3 is 19.9 Å². The lowest BCUT2D eigenvalue weighted by atomic mass is 10.2. The Kier molecular flexibility index (Phi) is 5.76. The molecule has 0 aliphatic heterocycles. The van der Waals surface area contributed by atoms with Crippen LogP contribution in [0.1, 0.15) is 6.42 Å². The van der Waals surface area contributed by atoms with Crippen molar-refractivity contribution in [1.82, 2.24) is 19.7 Å². The van der Waals surface area contributed by atoms with Gasteiger partial charge in [-0.25, -0.2) is 4.98 Å². The molecule has 0 fully saturated rings. The monoisotopic (exact) mass is 405 g/mol. The Morgan fingerprint density at radius 2 is 1.77 bits per heavy atom. The molecule has 0 atom stereocenters. The van der Waals surface area contributed by atoms with Crippen molar-refractivity contribution in [2.75, 3.05) is 26.1 Å². The molecule has 2 aromatic carbocycles. The van der Waals surface area contributed by atoms with Gasteiger partial charge in [-0.3, -0.25) is 9.67 Å². The first-order valence-electron chi connectivity index (χ1n) is 9.59. The lowest BCUT2D eigenvalue weighted by Gasteiger charge is -2.11. The number of benzene rings is 2. The average molecular weight is 405 g/mol. The number of aliphatic hydroxyl groups excluding tert-OH is 1. The highest BCUT2D eigenvalue weighted by Gasteiger charge is 2.08. The molecule has 0 saturated carbocycles. The number of ether oxygens (including phenoxy) is 2. The molecule has 4 rings (SSSR count). The molecule has 0 bridgehead atoms. The van der Waals surface area contributed by atoms with Gasteiger partial charge in [0.15, 0.2) is 0 Å². The van der Waals surface area contributed by atoms with Gasteiger partial charge in [0.1, 0.15) is 11.5 Å². The van der Waals surface area contributed by atoms with Crippen molar-refractivity contribution in [2.24, 2.45) is 0 Å². The third-order valence-corrected chi connectivity index (χ3v) is 4.66. The second-order valence-electron chi connectivity index (χ2n) is 6.75. The van der Waals surface area contributed by atoms with E-state index in [9.17, 15) is 0 Å². The van der Waals surface area contributed by atoms with Gasteiger partial charge in [-0.1, -0.05) is 0 Å². The number of nitrogens with zero attached hydrogens (tertiary/aromatic N) is 4. The second kappa shape index (κ2) is 8.79. The summed E-state index contributed by atoms with van der Waals surface area (Å²) < 4.78 is 12.5. The van der Waals surface area contributed by atoms with E-state index in [0.29, 0.717) is 24.5 Å². The molecule has 8 heteroatoms. The number of aliphatic hydroxyl groups is 1. The molecule has 0 aliphatic rings. The van der Waals surface area contributed by atoms with Crippen molar-refractivity contribution in [3.05, 3.63) is 55.0 Å². The molecule has 0 aliphatic carbocycles. The van der Waals surface area contributed by atoms with E-state index in [4.69, 9.17) is 19.6 Å². The van der Waals surface area contributed by atoms with Gasteiger partial charge in [0.25, 0.3) is 0 Å². The summed E-state index contributed by atoms with van der Waals surface area (Å²) in [5.74, 6) is 1.41. The maximum atomic E-state index is 8.98. The molecule has 8 nitrogen and oxygen atoms in total. The van der Waals surface area contributed by atoms with Gasteiger partial charge >= 0.3 is 0 Å². The Morgan fingerprint density at radius 1 is 0.967 bits per heavy atom. The van der Waals surface area contributed by atoms with Crippen LogP contribution in [0.4, 0.5) is 11.4 Å². The molecule has 2 aromatic heterocycles. The number of aromatic nitrogens is 4. The van der Waals surface area contributed by atoms with E-state index in [2.05, 4.69) is 15.4 Å². The minimum Gasteiger partial charge on any atom is -0.497 e. The average Bonchev–Trinajstić information content (AvgIpc) is 3.26. The van der Waals surface area contributed by atoms with Crippen LogP contribution < -0.4 is 14.8 Å². The van der Waals surface area contributed by atoms with Crippen LogP contribution in [-0.2, 0) is 6.54 Å². The molecule has 154 valence electrons. The van der Waals surface area contributed by atoms with Crippen molar-refractivity contribution < 1.29 is 14.6 Å². The SMILES string of the molecule is COc1cc(Nc2ccc3ncc(-c4cnn(CCCO)c4)nc3c2)cc(OC)c1. The number of rotatable bonds is 8. The largest absolute Gasteiger partial charge is 0.497 e. The molecule has 0 saturated heterocycles. The number of anilines is 2. The topological polar surface area (TPSA) is 94.3 Å². The normalized spacial score (nSPS) is 10.9. The predicted octanol–water partition coefficient (Wildman–Crippen LogP) is 3.64. The third kappa shape index (κ3) is 4.33. The second-order valence-corrected chi connectivity index (χ2v) is 6.75. The summed E-state index contributed by atoms with van der Waals surface area (Å²) in [7, 11) is 3.25. The highest BCUT2D eigenvalue weighted by Crippen LogP contribution is 2.29. The highest BCUT2D eigenvalue weighted by molar-refractivity contribution is 5.82. The van der Waals surface area contributed by atoms with E-state index in [1.807, 2.05) is 42.6 Å². The number of nitrogens with one attached hydrogen (secondary N) is 1. The number of hydrogen-bond acceptors (Lipinski definition) is 7. The van der Waals surface area contributed by atoms with Gasteiger partial charge in [-0.15, -0.1) is 0 Å². The molecule has 0 unspecified atom stereocenters. The molecule has 2 heterocycles. The van der Waals surface area contributed by atoms with E-state index >= 15 is 0 Å². The summed E-state index contributed by atoms with van der Waals surface area (Å²) in [6.45, 7) is 0.801. The van der Waals surface area contributed by atoms with Crippen LogP contribution in [0, 0.1) is 0 Å². The summed E-state index contributed by atoms with van der Waals surface area (Å²) >= 11 is 0. The summed E-state index contributed by atoms with van der Waals surface area (Å²) in [6, 6.07) is 11.5. The van der Waals surface area contributed by atoms with Gasteiger partial charge in [0.05, 0.1) is 43.3 Å². The van der Waals surface area contributed by atoms with E-state index < -0.39 is 0 Å². The zero-order valence-corrected chi connectivity index (χ0v) is 16.9. The van der Waals surface area contributed by atoms with Crippen LogP contribution in [-0.4, -0.2) is 45.7 Å². The first kappa shape index (κ1) is 19.7. The Hall–Kier alpha value is -3.65. The van der Waals surface area contributed by atoms with Gasteiger partial charge in [0, 0.05) is 54.5 Å². The fourth-order valence-corrected chi connectivity index (χ4v) is 3.13. The standard InChI is InChI=1S/C22H23N5O3/c1-29-18-8-17(9-19(11-18)30-2)25-16-4-5-20-21(10-16)26-22(13-23-20)15-12-24-27(14-15)6-3-7-28/h4-5,8-14,25,28H,3,6-7H2,1-2H3. The van der Waals surface area contributed by atoms with Gasteiger partial charge in [-0.05, 0) is 24.6 Å². The summed E-state index contributed by atoms with van der Waals surface area (Å²) in [4.78, 5) is 9.28. The molecule has 0 spiro atoms. The zero-order valence-electron chi connectivity index (χ0n) is 16.9. The van der Waals surface area contributed by atoms with Gasteiger partial charge in [0.2, 0.25) is 0 Å². The number of fused-ring (bicyclic) bond motifs is 1. The Balaban J connectivity index is 1.61. The number of methoxy groups -OCH3 is 2. The third-order valence-electron chi connectivity index (χ3n) is 4.66. The molecule has 30 heavy (non-hydrogen) atoms. The molecular formula is C22H23N5O3. The lowest BCUT2D eigenvalue weighted by Crippen LogP contribution is -1.99. The first-order chi connectivity index (χ1) is 14.7. The fourth-order valence-electron chi connectivity index (χ4n) is 3.13. The van der Waals surface area contributed by atoms with Crippen LogP contribution in [0.3, 0.4) is 0 Å². The quantitative estimate of drug-likeness (QED) is 0.462. The summed E-state index contributed by atoms with van der Waals surface area (Å²) in [5.41, 5.74) is 4.94. The van der Waals surface area contributed by atoms with E-state index in [1.54, 1.807) is 31.3 Å². The van der Waals surface area contributed by atoms with Crippen LogP contribution in [0.2, 0.25) is 0 Å². The molecule has 2 N–H and O–H groups in total. The van der Waals surface area contributed by atoms with Gasteiger partial charge in [-0.2, -0.15) is 5.10 Å². The maximum absolute atomic E-state index is 8.98. The Labute approximate surface area is 174 Å². The minimum atomic E-state index is 0.139. The van der Waals surface area contributed by atoms with Crippen molar-refractivity contribution in [3.8, 4) is 22.8 Å². The van der Waals surface area contributed by atoms with Crippen LogP contribution in [0.5, 0.6) is 11.5 Å². The number of aryl methyl sites for hydroxylation is 1. The number of hydrogen-bond donors (Lipinski definition) is 2. The first-order valence-corrected chi connectivity index (χ1v) is 9.59. The fraction of sp³-hybridized carbons (Fsp3) is 0.227. The van der Waals surface area contributed by atoms with Crippen molar-refractivity contribution in [1.29, 1.82) is 0 Å². The minimum absolute atomic E-state index is 0.139. The van der Waals surface area contributed by atoms with Crippen LogP contribution in [0.15, 0.2) is 55.0 Å². The molecular weight excluding hydrogens is 382 g/mol. The summed E-state index contributed by atoms with van der Waals surface area (Å²) in [5, 5.41) is 16.7. The van der Waals surface area contributed by atoms with E-state index in [-0.39, 0.29) is 6.61 Å². The lowest BCUT2D eigenvalue weighted by molar-refractivity contribution is 0.277. The van der Waals surface area contributed by atoms with Crippen LogP contribution in [0.25, 0.3) is 22.3 Å². The zero-order chi connectivity index (χ0) is 20.9. The Bertz CT molecular complexity index is 1140. The highest BCUT2D eigenvalue weighted by atomic mass is 16.5. The Morgan fingerprint density at radius 3 is 2.50 bits per heavy atom. The van der Waals surface area contributed by atoms with Crippen LogP contribution >= 0.6 is 0 Å². The van der Waals surface area contributed by atoms with Crippen molar-refractivity contribution in [2.45, 2.75) is 13.0 Å². The smallest absolute Gasteiger partial charge is 0.124 e. The summed E-state index contributed by atoms with van der Waals surface area (Å²) in [6.07, 6.45) is 6.08. The molecule has 0 radical (unpaired) electrons. The van der Waals surface area contributed by atoms with Crippen molar-refractivity contribution in [3.63, 3.8) is 0 Å². The van der Waals surface area contributed by atoms with Crippen molar-refractivity contribution >= 4 is 22.4 Å². The van der Waals surface area contributed by atoms with E-state index in [0.717, 1.165) is 33.7 Å². The molecule has 4 aromatic rings.